The lowest BCUT2D eigenvalue weighted by Crippen LogP contribution is -2.27. The fraction of sp³-hybridized carbons (Fsp3) is 0.263. The minimum atomic E-state index is -0.867. The molecule has 0 spiro atoms. The van der Waals surface area contributed by atoms with E-state index < -0.39 is 17.5 Å². The van der Waals surface area contributed by atoms with Crippen molar-refractivity contribution >= 4 is 17.5 Å². The van der Waals surface area contributed by atoms with Crippen molar-refractivity contribution < 1.29 is 18.4 Å². The van der Waals surface area contributed by atoms with Crippen molar-refractivity contribution in [2.75, 3.05) is 32.5 Å². The highest BCUT2D eigenvalue weighted by Crippen LogP contribution is 2.16. The molecule has 0 saturated carbocycles. The molecule has 7 heteroatoms. The molecule has 2 rings (SSSR count). The van der Waals surface area contributed by atoms with Crippen LogP contribution in [0.2, 0.25) is 0 Å². The summed E-state index contributed by atoms with van der Waals surface area (Å²) in [5, 5.41) is 5.15. The van der Waals surface area contributed by atoms with Gasteiger partial charge in [0.25, 0.3) is 11.8 Å². The van der Waals surface area contributed by atoms with Crippen LogP contribution in [0.4, 0.5) is 14.5 Å². The summed E-state index contributed by atoms with van der Waals surface area (Å²) >= 11 is 0. The molecule has 2 N–H and O–H groups in total. The van der Waals surface area contributed by atoms with E-state index in [9.17, 15) is 18.4 Å². The number of amides is 2. The molecule has 2 amide bonds. The van der Waals surface area contributed by atoms with Crippen LogP contribution in [-0.4, -0.2) is 43.9 Å². The Morgan fingerprint density at radius 2 is 1.69 bits per heavy atom. The van der Waals surface area contributed by atoms with Gasteiger partial charge < -0.3 is 15.5 Å². The van der Waals surface area contributed by atoms with Crippen molar-refractivity contribution in [1.29, 1.82) is 0 Å². The lowest BCUT2D eigenvalue weighted by molar-refractivity contribution is 0.0952. The van der Waals surface area contributed by atoms with Crippen LogP contribution in [0, 0.1) is 11.6 Å². The maximum absolute atomic E-state index is 13.6. The average Bonchev–Trinajstić information content (AvgIpc) is 2.60. The standard InChI is InChI=1S/C19H21F2N3O2/c1-24(2)10-4-9-22-18(25)13-5-3-6-14(11-13)19(26)23-17-8-7-15(20)12-16(17)21/h3,5-8,11-12H,4,9-10H2,1-2H3,(H,22,25)(H,23,26). The number of rotatable bonds is 7. The topological polar surface area (TPSA) is 61.4 Å². The van der Waals surface area contributed by atoms with Crippen LogP contribution in [0.15, 0.2) is 42.5 Å². The summed E-state index contributed by atoms with van der Waals surface area (Å²) in [5.41, 5.74) is 0.409. The van der Waals surface area contributed by atoms with Crippen molar-refractivity contribution in [3.63, 3.8) is 0 Å². The maximum Gasteiger partial charge on any atom is 0.255 e. The van der Waals surface area contributed by atoms with Gasteiger partial charge in [-0.15, -0.1) is 0 Å². The maximum atomic E-state index is 13.6. The predicted octanol–water partition coefficient (Wildman–Crippen LogP) is 2.90. The average molecular weight is 361 g/mol. The van der Waals surface area contributed by atoms with E-state index in [1.54, 1.807) is 12.1 Å². The van der Waals surface area contributed by atoms with Crippen LogP contribution < -0.4 is 10.6 Å². The fourth-order valence-electron chi connectivity index (χ4n) is 2.29. The van der Waals surface area contributed by atoms with Gasteiger partial charge in [0.15, 0.2) is 0 Å². The van der Waals surface area contributed by atoms with Crippen LogP contribution in [-0.2, 0) is 0 Å². The quantitative estimate of drug-likeness (QED) is 0.746. The molecule has 0 bridgehead atoms. The molecule has 0 radical (unpaired) electrons. The Balaban J connectivity index is 2.01. The first-order chi connectivity index (χ1) is 12.4. The minimum absolute atomic E-state index is 0.130. The molecule has 5 nitrogen and oxygen atoms in total. The first-order valence-corrected chi connectivity index (χ1v) is 8.16. The minimum Gasteiger partial charge on any atom is -0.352 e. The number of halogens is 2. The van der Waals surface area contributed by atoms with Crippen LogP contribution in [0.3, 0.4) is 0 Å². The Morgan fingerprint density at radius 1 is 1.00 bits per heavy atom. The third-order valence-electron chi connectivity index (χ3n) is 3.63. The Morgan fingerprint density at radius 3 is 2.35 bits per heavy atom. The number of nitrogens with zero attached hydrogens (tertiary/aromatic N) is 1. The van der Waals surface area contributed by atoms with Crippen molar-refractivity contribution in [1.82, 2.24) is 10.2 Å². The van der Waals surface area contributed by atoms with E-state index >= 15 is 0 Å². The molecule has 0 aliphatic heterocycles. The van der Waals surface area contributed by atoms with Crippen LogP contribution >= 0.6 is 0 Å². The van der Waals surface area contributed by atoms with Crippen LogP contribution in [0.25, 0.3) is 0 Å². The Hall–Kier alpha value is -2.80. The molecular weight excluding hydrogens is 340 g/mol. The van der Waals surface area contributed by atoms with Crippen molar-refractivity contribution in [2.45, 2.75) is 6.42 Å². The monoisotopic (exact) mass is 361 g/mol. The van der Waals surface area contributed by atoms with Gasteiger partial charge in [-0.25, -0.2) is 8.78 Å². The van der Waals surface area contributed by atoms with Gasteiger partial charge in [-0.05, 0) is 57.4 Å². The largest absolute Gasteiger partial charge is 0.352 e. The summed E-state index contributed by atoms with van der Waals surface area (Å²) in [6.45, 7) is 1.38. The Labute approximate surface area is 151 Å². The summed E-state index contributed by atoms with van der Waals surface area (Å²) < 4.78 is 26.6. The molecule has 0 aliphatic rings. The molecule has 2 aromatic carbocycles. The molecule has 0 aromatic heterocycles. The van der Waals surface area contributed by atoms with Crippen molar-refractivity contribution in [2.24, 2.45) is 0 Å². The highest BCUT2D eigenvalue weighted by atomic mass is 19.1. The van der Waals surface area contributed by atoms with Crippen LogP contribution in [0.5, 0.6) is 0 Å². The summed E-state index contributed by atoms with van der Waals surface area (Å²) in [7, 11) is 3.90. The lowest BCUT2D eigenvalue weighted by atomic mass is 10.1. The number of carbonyl (C=O) groups excluding carboxylic acids is 2. The first kappa shape index (κ1) is 19.5. The van der Waals surface area contributed by atoms with E-state index in [0.29, 0.717) is 18.2 Å². The van der Waals surface area contributed by atoms with Crippen molar-refractivity contribution in [3.8, 4) is 0 Å². The first-order valence-electron chi connectivity index (χ1n) is 8.16. The zero-order valence-corrected chi connectivity index (χ0v) is 14.7. The molecule has 0 fully saturated rings. The Kier molecular flexibility index (Phi) is 6.80. The number of nitrogens with one attached hydrogen (secondary N) is 2. The fourth-order valence-corrected chi connectivity index (χ4v) is 2.29. The van der Waals surface area contributed by atoms with E-state index in [4.69, 9.17) is 0 Å². The predicted molar refractivity (Wildman–Crippen MR) is 96.3 cm³/mol. The number of hydrogen-bond donors (Lipinski definition) is 2. The highest BCUT2D eigenvalue weighted by molar-refractivity contribution is 6.06. The zero-order chi connectivity index (χ0) is 19.1. The summed E-state index contributed by atoms with van der Waals surface area (Å²) in [6.07, 6.45) is 0.808. The third kappa shape index (κ3) is 5.63. The molecule has 0 saturated heterocycles. The van der Waals surface area contributed by atoms with Gasteiger partial charge in [-0.2, -0.15) is 0 Å². The normalized spacial score (nSPS) is 10.7. The molecule has 138 valence electrons. The molecule has 0 aliphatic carbocycles. The third-order valence-corrected chi connectivity index (χ3v) is 3.63. The number of carbonyl (C=O) groups is 2. The van der Waals surface area contributed by atoms with E-state index in [1.807, 2.05) is 19.0 Å². The molecule has 0 unspecified atom stereocenters. The van der Waals surface area contributed by atoms with Gasteiger partial charge in [0.05, 0.1) is 5.69 Å². The second kappa shape index (κ2) is 9.05. The number of anilines is 1. The summed E-state index contributed by atoms with van der Waals surface area (Å²) in [5.74, 6) is -2.47. The second-order valence-corrected chi connectivity index (χ2v) is 6.07. The van der Waals surface area contributed by atoms with E-state index in [1.165, 1.54) is 12.1 Å². The van der Waals surface area contributed by atoms with Gasteiger partial charge in [-0.3, -0.25) is 9.59 Å². The van der Waals surface area contributed by atoms with Gasteiger partial charge in [0, 0.05) is 23.7 Å². The molecule has 0 heterocycles. The molecule has 2 aromatic rings. The highest BCUT2D eigenvalue weighted by Gasteiger charge is 2.12. The number of hydrogen-bond acceptors (Lipinski definition) is 3. The van der Waals surface area contributed by atoms with Crippen molar-refractivity contribution in [3.05, 3.63) is 65.2 Å². The van der Waals surface area contributed by atoms with Gasteiger partial charge in [-0.1, -0.05) is 6.07 Å². The van der Waals surface area contributed by atoms with Gasteiger partial charge >= 0.3 is 0 Å². The van der Waals surface area contributed by atoms with E-state index in [-0.39, 0.29) is 17.2 Å². The summed E-state index contributed by atoms with van der Waals surface area (Å²) in [6, 6.07) is 8.99. The smallest absolute Gasteiger partial charge is 0.255 e. The van der Waals surface area contributed by atoms with Crippen LogP contribution in [0.1, 0.15) is 27.1 Å². The number of benzene rings is 2. The second-order valence-electron chi connectivity index (χ2n) is 6.07. The van der Waals surface area contributed by atoms with E-state index in [0.717, 1.165) is 25.1 Å². The molecular formula is C19H21F2N3O2. The van der Waals surface area contributed by atoms with E-state index in [2.05, 4.69) is 10.6 Å². The Bertz CT molecular complexity index is 794. The lowest BCUT2D eigenvalue weighted by Gasteiger charge is -2.10. The molecule has 0 atom stereocenters. The molecule has 26 heavy (non-hydrogen) atoms. The SMILES string of the molecule is CN(C)CCCNC(=O)c1cccc(C(=O)Nc2ccc(F)cc2F)c1. The van der Waals surface area contributed by atoms with Gasteiger partial charge in [0.2, 0.25) is 0 Å². The van der Waals surface area contributed by atoms with Gasteiger partial charge in [0.1, 0.15) is 11.6 Å². The zero-order valence-electron chi connectivity index (χ0n) is 14.7. The summed E-state index contributed by atoms with van der Waals surface area (Å²) in [4.78, 5) is 26.4.